The molecular formula is C19H24F3N3O3. The van der Waals surface area contributed by atoms with Gasteiger partial charge < -0.3 is 20.3 Å². The number of urea groups is 1. The summed E-state index contributed by atoms with van der Waals surface area (Å²) in [6.07, 6.45) is -1.48. The van der Waals surface area contributed by atoms with Crippen LogP contribution in [0.3, 0.4) is 0 Å². The summed E-state index contributed by atoms with van der Waals surface area (Å²) in [6, 6.07) is 2.05. The van der Waals surface area contributed by atoms with E-state index in [1.54, 1.807) is 18.7 Å². The van der Waals surface area contributed by atoms with E-state index < -0.39 is 23.8 Å². The van der Waals surface area contributed by atoms with Crippen LogP contribution in [0.2, 0.25) is 0 Å². The highest BCUT2D eigenvalue weighted by molar-refractivity contribution is 5.95. The third-order valence-corrected chi connectivity index (χ3v) is 4.98. The van der Waals surface area contributed by atoms with Crippen molar-refractivity contribution in [3.05, 3.63) is 23.8 Å². The van der Waals surface area contributed by atoms with Gasteiger partial charge in [0.25, 0.3) is 0 Å². The molecule has 1 aromatic rings. The standard InChI is InChI=1S/C19H24F3N3O3/c1-11(2)28-13-6-7-15(14(10-13)19(20,21)22)23-18(27)24-16-8-9-25(17(16)26)12-4-3-5-12/h6-7,10-12,16H,3-5,8-9H2,1-2H3,(H2,23,24,27). The second-order valence-electron chi connectivity index (χ2n) is 7.43. The van der Waals surface area contributed by atoms with Gasteiger partial charge in [-0.3, -0.25) is 4.79 Å². The molecule has 28 heavy (non-hydrogen) atoms. The lowest BCUT2D eigenvalue weighted by molar-refractivity contribution is -0.137. The molecule has 2 aliphatic rings. The van der Waals surface area contributed by atoms with E-state index in [4.69, 9.17) is 4.74 Å². The summed E-state index contributed by atoms with van der Waals surface area (Å²) in [6.45, 7) is 3.97. The fourth-order valence-electron chi connectivity index (χ4n) is 3.43. The van der Waals surface area contributed by atoms with Crippen molar-refractivity contribution in [1.82, 2.24) is 10.2 Å². The zero-order chi connectivity index (χ0) is 20.5. The first-order valence-electron chi connectivity index (χ1n) is 9.41. The van der Waals surface area contributed by atoms with Gasteiger partial charge in [-0.25, -0.2) is 4.79 Å². The van der Waals surface area contributed by atoms with E-state index in [9.17, 15) is 22.8 Å². The first-order chi connectivity index (χ1) is 13.1. The van der Waals surface area contributed by atoms with E-state index >= 15 is 0 Å². The molecule has 1 saturated carbocycles. The number of hydrogen-bond acceptors (Lipinski definition) is 3. The lowest BCUT2D eigenvalue weighted by Gasteiger charge is -2.34. The molecule has 1 aliphatic carbocycles. The maximum Gasteiger partial charge on any atom is 0.418 e. The predicted octanol–water partition coefficient (Wildman–Crippen LogP) is 3.77. The Balaban J connectivity index is 1.67. The number of rotatable bonds is 5. The highest BCUT2D eigenvalue weighted by Crippen LogP contribution is 2.37. The van der Waals surface area contributed by atoms with E-state index in [0.717, 1.165) is 31.4 Å². The molecule has 1 aromatic carbocycles. The van der Waals surface area contributed by atoms with Crippen LogP contribution in [-0.2, 0) is 11.0 Å². The van der Waals surface area contributed by atoms with Crippen molar-refractivity contribution in [3.63, 3.8) is 0 Å². The van der Waals surface area contributed by atoms with Crippen molar-refractivity contribution in [2.75, 3.05) is 11.9 Å². The van der Waals surface area contributed by atoms with Gasteiger partial charge in [0, 0.05) is 12.6 Å². The van der Waals surface area contributed by atoms with Crippen LogP contribution in [0.15, 0.2) is 18.2 Å². The van der Waals surface area contributed by atoms with Gasteiger partial charge in [0.1, 0.15) is 11.8 Å². The van der Waals surface area contributed by atoms with Gasteiger partial charge in [-0.2, -0.15) is 13.2 Å². The first kappa shape index (κ1) is 20.3. The van der Waals surface area contributed by atoms with Crippen LogP contribution in [0.25, 0.3) is 0 Å². The number of nitrogens with one attached hydrogen (secondary N) is 2. The summed E-state index contributed by atoms with van der Waals surface area (Å²) < 4.78 is 45.4. The van der Waals surface area contributed by atoms with Gasteiger partial charge in [0.2, 0.25) is 5.91 Å². The molecule has 0 radical (unpaired) electrons. The molecule has 154 valence electrons. The quantitative estimate of drug-likeness (QED) is 0.792. The summed E-state index contributed by atoms with van der Waals surface area (Å²) in [5, 5.41) is 4.72. The second-order valence-corrected chi connectivity index (χ2v) is 7.43. The zero-order valence-corrected chi connectivity index (χ0v) is 15.8. The molecule has 3 rings (SSSR count). The van der Waals surface area contributed by atoms with Crippen LogP contribution < -0.4 is 15.4 Å². The number of hydrogen-bond donors (Lipinski definition) is 2. The Bertz CT molecular complexity index is 748. The molecule has 0 spiro atoms. The number of benzene rings is 1. The van der Waals surface area contributed by atoms with Crippen molar-refractivity contribution >= 4 is 17.6 Å². The van der Waals surface area contributed by atoms with Crippen LogP contribution >= 0.6 is 0 Å². The molecule has 2 fully saturated rings. The van der Waals surface area contributed by atoms with Gasteiger partial charge in [-0.1, -0.05) is 0 Å². The molecular weight excluding hydrogens is 375 g/mol. The topological polar surface area (TPSA) is 70.7 Å². The minimum atomic E-state index is -4.66. The molecule has 1 saturated heterocycles. The molecule has 2 N–H and O–H groups in total. The number of amides is 3. The van der Waals surface area contributed by atoms with Crippen LogP contribution in [0.5, 0.6) is 5.75 Å². The highest BCUT2D eigenvalue weighted by Gasteiger charge is 2.39. The average Bonchev–Trinajstić information content (AvgIpc) is 2.87. The largest absolute Gasteiger partial charge is 0.491 e. The van der Waals surface area contributed by atoms with Crippen LogP contribution in [0.1, 0.15) is 45.1 Å². The summed E-state index contributed by atoms with van der Waals surface area (Å²) >= 11 is 0. The van der Waals surface area contributed by atoms with E-state index in [2.05, 4.69) is 10.6 Å². The maximum absolute atomic E-state index is 13.4. The van der Waals surface area contributed by atoms with Crippen molar-refractivity contribution in [3.8, 4) is 5.75 Å². The summed E-state index contributed by atoms with van der Waals surface area (Å²) in [5.74, 6) is -0.105. The second kappa shape index (κ2) is 7.89. The van der Waals surface area contributed by atoms with Crippen LogP contribution in [0.4, 0.5) is 23.7 Å². The van der Waals surface area contributed by atoms with Gasteiger partial charge in [0.05, 0.1) is 17.4 Å². The third kappa shape index (κ3) is 4.51. The average molecular weight is 399 g/mol. The van der Waals surface area contributed by atoms with Gasteiger partial charge in [-0.05, 0) is 57.7 Å². The number of carbonyl (C=O) groups is 2. The molecule has 9 heteroatoms. The maximum atomic E-state index is 13.4. The highest BCUT2D eigenvalue weighted by atomic mass is 19.4. The minimum absolute atomic E-state index is 0.0652. The molecule has 1 atom stereocenters. The smallest absolute Gasteiger partial charge is 0.418 e. The molecule has 1 aliphatic heterocycles. The number of carbonyl (C=O) groups excluding carboxylic acids is 2. The zero-order valence-electron chi connectivity index (χ0n) is 15.8. The van der Waals surface area contributed by atoms with Crippen molar-refractivity contribution in [1.29, 1.82) is 0 Å². The fraction of sp³-hybridized carbons (Fsp3) is 0.579. The number of alkyl halides is 3. The van der Waals surface area contributed by atoms with Crippen LogP contribution in [0, 0.1) is 0 Å². The molecule has 1 heterocycles. The molecule has 0 aromatic heterocycles. The number of likely N-dealkylation sites (tertiary alicyclic amines) is 1. The Morgan fingerprint density at radius 2 is 1.96 bits per heavy atom. The summed E-state index contributed by atoms with van der Waals surface area (Å²) in [4.78, 5) is 26.4. The fourth-order valence-corrected chi connectivity index (χ4v) is 3.43. The molecule has 6 nitrogen and oxygen atoms in total. The monoisotopic (exact) mass is 399 g/mol. The summed E-state index contributed by atoms with van der Waals surface area (Å²) in [7, 11) is 0. The Morgan fingerprint density at radius 1 is 1.25 bits per heavy atom. The third-order valence-electron chi connectivity index (χ3n) is 4.98. The number of anilines is 1. The van der Waals surface area contributed by atoms with Crippen molar-refractivity contribution in [2.45, 2.75) is 63.9 Å². The Hall–Kier alpha value is -2.45. The normalized spacial score (nSPS) is 20.3. The van der Waals surface area contributed by atoms with Crippen LogP contribution in [-0.4, -0.2) is 41.6 Å². The first-order valence-corrected chi connectivity index (χ1v) is 9.41. The molecule has 1 unspecified atom stereocenters. The van der Waals surface area contributed by atoms with E-state index in [1.807, 2.05) is 0 Å². The van der Waals surface area contributed by atoms with Gasteiger partial charge in [-0.15, -0.1) is 0 Å². The van der Waals surface area contributed by atoms with Gasteiger partial charge in [0.15, 0.2) is 0 Å². The SMILES string of the molecule is CC(C)Oc1ccc(NC(=O)NC2CCN(C3CCC3)C2=O)c(C(F)(F)F)c1. The Morgan fingerprint density at radius 3 is 2.54 bits per heavy atom. The van der Waals surface area contributed by atoms with Gasteiger partial charge >= 0.3 is 12.2 Å². The number of ether oxygens (including phenoxy) is 1. The lowest BCUT2D eigenvalue weighted by atomic mass is 9.92. The Kier molecular flexibility index (Phi) is 5.71. The summed E-state index contributed by atoms with van der Waals surface area (Å²) in [5.41, 5.74) is -1.39. The number of nitrogens with zero attached hydrogens (tertiary/aromatic N) is 1. The Labute approximate surface area is 161 Å². The predicted molar refractivity (Wildman–Crippen MR) is 97.1 cm³/mol. The molecule has 3 amide bonds. The van der Waals surface area contributed by atoms with E-state index in [1.165, 1.54) is 6.07 Å². The molecule has 0 bridgehead atoms. The van der Waals surface area contributed by atoms with E-state index in [0.29, 0.717) is 13.0 Å². The van der Waals surface area contributed by atoms with Crippen molar-refractivity contribution in [2.24, 2.45) is 0 Å². The van der Waals surface area contributed by atoms with Crippen molar-refractivity contribution < 1.29 is 27.5 Å². The minimum Gasteiger partial charge on any atom is -0.491 e. The van der Waals surface area contributed by atoms with E-state index in [-0.39, 0.29) is 29.5 Å². The lowest BCUT2D eigenvalue weighted by Crippen LogP contribution is -2.47. The number of halogens is 3.